The molecule has 1 aliphatic heterocycles. The molecule has 2 amide bonds. The van der Waals surface area contributed by atoms with Gasteiger partial charge in [0.2, 0.25) is 11.8 Å². The van der Waals surface area contributed by atoms with Crippen molar-refractivity contribution >= 4 is 17.6 Å². The average molecular weight is 341 g/mol. The Morgan fingerprint density at radius 1 is 1.28 bits per heavy atom. The summed E-state index contributed by atoms with van der Waals surface area (Å²) in [5, 5.41) is 2.78. The van der Waals surface area contributed by atoms with Gasteiger partial charge in [0.15, 0.2) is 0 Å². The first-order chi connectivity index (χ1) is 12.0. The van der Waals surface area contributed by atoms with E-state index in [2.05, 4.69) is 10.3 Å². The zero-order valence-corrected chi connectivity index (χ0v) is 14.2. The zero-order chi connectivity index (χ0) is 18.0. The number of amides is 2. The van der Waals surface area contributed by atoms with Crippen LogP contribution < -0.4 is 5.32 Å². The second-order valence-corrected chi connectivity index (χ2v) is 6.33. The number of rotatable bonds is 3. The van der Waals surface area contributed by atoms with Crippen LogP contribution in [0.25, 0.3) is 0 Å². The Bertz CT molecular complexity index is 792. The summed E-state index contributed by atoms with van der Waals surface area (Å²) in [7, 11) is 1.61. The standard InChI is InChI=1S/C19H20FN3O2/c1-12-7-9-16(21-11-12)22-19(25)14-8-10-17(24)23(2)18(14)13-5-3-4-6-15(13)20/h3-7,9,11,14,18H,8,10H2,1-2H3,(H,21,22,25). The maximum absolute atomic E-state index is 14.3. The van der Waals surface area contributed by atoms with Crippen molar-refractivity contribution in [1.82, 2.24) is 9.88 Å². The molecule has 0 aliphatic carbocycles. The van der Waals surface area contributed by atoms with Crippen LogP contribution in [0.4, 0.5) is 10.2 Å². The lowest BCUT2D eigenvalue weighted by molar-refractivity contribution is -0.140. The molecule has 1 aromatic carbocycles. The van der Waals surface area contributed by atoms with Gasteiger partial charge in [0.25, 0.3) is 0 Å². The molecular weight excluding hydrogens is 321 g/mol. The highest BCUT2D eigenvalue weighted by Crippen LogP contribution is 2.37. The van der Waals surface area contributed by atoms with Crippen LogP contribution in [0.1, 0.15) is 30.0 Å². The molecule has 2 heterocycles. The van der Waals surface area contributed by atoms with Gasteiger partial charge in [0, 0.05) is 25.2 Å². The van der Waals surface area contributed by atoms with Gasteiger partial charge in [0.05, 0.1) is 12.0 Å². The number of carbonyl (C=O) groups is 2. The summed E-state index contributed by atoms with van der Waals surface area (Å²) >= 11 is 0. The third-order valence-corrected chi connectivity index (χ3v) is 4.58. The van der Waals surface area contributed by atoms with Gasteiger partial charge in [-0.05, 0) is 31.0 Å². The van der Waals surface area contributed by atoms with Crippen molar-refractivity contribution in [2.45, 2.75) is 25.8 Å². The highest BCUT2D eigenvalue weighted by molar-refractivity contribution is 5.94. The first kappa shape index (κ1) is 17.1. The van der Waals surface area contributed by atoms with Gasteiger partial charge in [-0.1, -0.05) is 24.3 Å². The van der Waals surface area contributed by atoms with Crippen molar-refractivity contribution in [1.29, 1.82) is 0 Å². The summed E-state index contributed by atoms with van der Waals surface area (Å²) in [5.41, 5.74) is 1.35. The summed E-state index contributed by atoms with van der Waals surface area (Å²) in [6, 6.07) is 9.22. The number of anilines is 1. The molecule has 1 aromatic heterocycles. The normalized spacial score (nSPS) is 20.4. The number of pyridine rings is 1. The number of halogens is 1. The van der Waals surface area contributed by atoms with Crippen LogP contribution in [0.2, 0.25) is 0 Å². The van der Waals surface area contributed by atoms with Crippen LogP contribution in [-0.2, 0) is 9.59 Å². The lowest BCUT2D eigenvalue weighted by Gasteiger charge is -2.38. The van der Waals surface area contributed by atoms with Crippen LogP contribution in [0.3, 0.4) is 0 Å². The Morgan fingerprint density at radius 2 is 2.04 bits per heavy atom. The molecule has 0 bridgehead atoms. The smallest absolute Gasteiger partial charge is 0.231 e. The maximum atomic E-state index is 14.3. The van der Waals surface area contributed by atoms with Gasteiger partial charge < -0.3 is 10.2 Å². The maximum Gasteiger partial charge on any atom is 0.231 e. The monoisotopic (exact) mass is 341 g/mol. The number of likely N-dealkylation sites (tertiary alicyclic amines) is 1. The molecule has 2 aromatic rings. The summed E-state index contributed by atoms with van der Waals surface area (Å²) < 4.78 is 14.3. The minimum Gasteiger partial charge on any atom is -0.338 e. The predicted molar refractivity (Wildman–Crippen MR) is 92.2 cm³/mol. The molecule has 1 saturated heterocycles. The van der Waals surface area contributed by atoms with E-state index in [4.69, 9.17) is 0 Å². The van der Waals surface area contributed by atoms with Gasteiger partial charge in [-0.3, -0.25) is 9.59 Å². The van der Waals surface area contributed by atoms with Crippen molar-refractivity contribution < 1.29 is 14.0 Å². The summed E-state index contributed by atoms with van der Waals surface area (Å²) in [6.07, 6.45) is 2.31. The van der Waals surface area contributed by atoms with Gasteiger partial charge in [-0.15, -0.1) is 0 Å². The summed E-state index contributed by atoms with van der Waals surface area (Å²) in [5.74, 6) is -0.861. The van der Waals surface area contributed by atoms with Gasteiger partial charge in [0.1, 0.15) is 11.6 Å². The molecule has 2 unspecified atom stereocenters. The van der Waals surface area contributed by atoms with E-state index in [1.54, 1.807) is 37.5 Å². The number of aromatic nitrogens is 1. The molecule has 6 heteroatoms. The van der Waals surface area contributed by atoms with E-state index < -0.39 is 17.8 Å². The largest absolute Gasteiger partial charge is 0.338 e. The minimum absolute atomic E-state index is 0.0919. The number of carbonyl (C=O) groups excluding carboxylic acids is 2. The number of nitrogens with one attached hydrogen (secondary N) is 1. The molecule has 2 atom stereocenters. The third-order valence-electron chi connectivity index (χ3n) is 4.58. The van der Waals surface area contributed by atoms with E-state index >= 15 is 0 Å². The molecule has 1 fully saturated rings. The molecule has 3 rings (SSSR count). The van der Waals surface area contributed by atoms with E-state index in [9.17, 15) is 14.0 Å². The number of nitrogens with zero attached hydrogens (tertiary/aromatic N) is 2. The molecule has 1 aliphatic rings. The second kappa shape index (κ2) is 7.01. The fourth-order valence-electron chi connectivity index (χ4n) is 3.21. The van der Waals surface area contributed by atoms with Crippen LogP contribution in [0.15, 0.2) is 42.6 Å². The summed E-state index contributed by atoms with van der Waals surface area (Å²) in [6.45, 7) is 1.91. The molecule has 5 nitrogen and oxygen atoms in total. The van der Waals surface area contributed by atoms with Gasteiger partial charge in [-0.25, -0.2) is 9.37 Å². The lowest BCUT2D eigenvalue weighted by atomic mass is 9.83. The van der Waals surface area contributed by atoms with E-state index in [0.717, 1.165) is 5.56 Å². The quantitative estimate of drug-likeness (QED) is 0.933. The van der Waals surface area contributed by atoms with Crippen molar-refractivity contribution in [3.05, 3.63) is 59.5 Å². The summed E-state index contributed by atoms with van der Waals surface area (Å²) in [4.78, 5) is 30.5. The lowest BCUT2D eigenvalue weighted by Crippen LogP contribution is -2.45. The number of hydrogen-bond donors (Lipinski definition) is 1. The van der Waals surface area contributed by atoms with E-state index in [1.165, 1.54) is 11.0 Å². The number of piperidine rings is 1. The van der Waals surface area contributed by atoms with Crippen molar-refractivity contribution in [2.75, 3.05) is 12.4 Å². The molecule has 0 radical (unpaired) electrons. The second-order valence-electron chi connectivity index (χ2n) is 6.33. The SMILES string of the molecule is Cc1ccc(NC(=O)C2CCC(=O)N(C)C2c2ccccc2F)nc1. The van der Waals surface area contributed by atoms with Crippen LogP contribution in [0.5, 0.6) is 0 Å². The van der Waals surface area contributed by atoms with E-state index in [-0.39, 0.29) is 18.2 Å². The van der Waals surface area contributed by atoms with Crippen LogP contribution in [0, 0.1) is 18.7 Å². The Hall–Kier alpha value is -2.76. The molecule has 130 valence electrons. The van der Waals surface area contributed by atoms with Crippen LogP contribution >= 0.6 is 0 Å². The number of benzene rings is 1. The Balaban J connectivity index is 1.89. The van der Waals surface area contributed by atoms with Crippen molar-refractivity contribution in [2.24, 2.45) is 5.92 Å². The van der Waals surface area contributed by atoms with Crippen LogP contribution in [-0.4, -0.2) is 28.7 Å². The van der Waals surface area contributed by atoms with Gasteiger partial charge in [-0.2, -0.15) is 0 Å². The Morgan fingerprint density at radius 3 is 2.72 bits per heavy atom. The van der Waals surface area contributed by atoms with E-state index in [1.807, 2.05) is 13.0 Å². The molecule has 0 saturated carbocycles. The average Bonchev–Trinajstić information content (AvgIpc) is 2.60. The number of hydrogen-bond acceptors (Lipinski definition) is 3. The first-order valence-corrected chi connectivity index (χ1v) is 8.21. The fourth-order valence-corrected chi connectivity index (χ4v) is 3.21. The Labute approximate surface area is 145 Å². The topological polar surface area (TPSA) is 62.3 Å². The highest BCUT2D eigenvalue weighted by atomic mass is 19.1. The predicted octanol–water partition coefficient (Wildman–Crippen LogP) is 3.08. The Kier molecular flexibility index (Phi) is 4.79. The van der Waals surface area contributed by atoms with E-state index in [0.29, 0.717) is 17.8 Å². The molecular formula is C19H20FN3O2. The molecule has 0 spiro atoms. The molecule has 25 heavy (non-hydrogen) atoms. The van der Waals surface area contributed by atoms with Gasteiger partial charge >= 0.3 is 0 Å². The fraction of sp³-hybridized carbons (Fsp3) is 0.316. The van der Waals surface area contributed by atoms with Crippen molar-refractivity contribution in [3.8, 4) is 0 Å². The number of aryl methyl sites for hydroxylation is 1. The minimum atomic E-state index is -0.632. The highest BCUT2D eigenvalue weighted by Gasteiger charge is 2.40. The van der Waals surface area contributed by atoms with Crippen molar-refractivity contribution in [3.63, 3.8) is 0 Å². The molecule has 1 N–H and O–H groups in total. The third kappa shape index (κ3) is 3.52. The first-order valence-electron chi connectivity index (χ1n) is 8.21. The zero-order valence-electron chi connectivity index (χ0n) is 14.2.